The van der Waals surface area contributed by atoms with Crippen LogP contribution in [0, 0.1) is 13.8 Å². The van der Waals surface area contributed by atoms with Crippen molar-refractivity contribution in [1.29, 1.82) is 0 Å². The van der Waals surface area contributed by atoms with Crippen LogP contribution in [0.1, 0.15) is 17.0 Å². The molecule has 14 heavy (non-hydrogen) atoms. The number of hydrogen-bond acceptors (Lipinski definition) is 4. The Morgan fingerprint density at radius 3 is 2.86 bits per heavy atom. The Morgan fingerprint density at radius 2 is 2.14 bits per heavy atom. The van der Waals surface area contributed by atoms with Gasteiger partial charge in [-0.05, 0) is 20.9 Å². The molecule has 0 aliphatic rings. The van der Waals surface area contributed by atoms with Gasteiger partial charge >= 0.3 is 0 Å². The summed E-state index contributed by atoms with van der Waals surface area (Å²) >= 11 is 0. The van der Waals surface area contributed by atoms with Gasteiger partial charge in [-0.15, -0.1) is 4.63 Å². The summed E-state index contributed by atoms with van der Waals surface area (Å²) in [6, 6.07) is 0. The van der Waals surface area contributed by atoms with E-state index in [1.54, 1.807) is 10.8 Å². The third-order valence-corrected chi connectivity index (χ3v) is 2.21. The van der Waals surface area contributed by atoms with E-state index in [2.05, 4.69) is 20.5 Å². The molecule has 0 radical (unpaired) electrons. The molecule has 0 aliphatic carbocycles. The van der Waals surface area contributed by atoms with Crippen LogP contribution >= 0.6 is 0 Å². The molecule has 0 atom stereocenters. The highest BCUT2D eigenvalue weighted by atomic mass is 15.4. The zero-order chi connectivity index (χ0) is 10.1. The first kappa shape index (κ1) is 9.08. The fourth-order valence-corrected chi connectivity index (χ4v) is 1.32. The Hall–Kier alpha value is -1.49. The van der Waals surface area contributed by atoms with Gasteiger partial charge in [0.2, 0.25) is 0 Å². The standard InChI is InChI=1S/C9H13N5/c1-6-7(2)13-14-9(12-6)8(4-10-3)5-11-14/h5,10H,4H2,1-3H3. The summed E-state index contributed by atoms with van der Waals surface area (Å²) in [5, 5.41) is 11.5. The Morgan fingerprint density at radius 1 is 1.36 bits per heavy atom. The number of fused-ring (bicyclic) bond motifs is 1. The van der Waals surface area contributed by atoms with Crippen molar-refractivity contribution < 1.29 is 0 Å². The highest BCUT2D eigenvalue weighted by Gasteiger charge is 2.07. The van der Waals surface area contributed by atoms with Crippen LogP contribution in [-0.4, -0.2) is 26.9 Å². The zero-order valence-corrected chi connectivity index (χ0v) is 8.57. The number of hydrogen-bond donors (Lipinski definition) is 1. The molecule has 0 amide bonds. The van der Waals surface area contributed by atoms with E-state index >= 15 is 0 Å². The van der Waals surface area contributed by atoms with Crippen molar-refractivity contribution in [2.45, 2.75) is 20.4 Å². The first-order valence-corrected chi connectivity index (χ1v) is 4.55. The second-order valence-corrected chi connectivity index (χ2v) is 3.30. The topological polar surface area (TPSA) is 55.1 Å². The Balaban J connectivity index is 2.61. The Kier molecular flexibility index (Phi) is 2.17. The first-order valence-electron chi connectivity index (χ1n) is 4.55. The molecule has 0 unspecified atom stereocenters. The zero-order valence-electron chi connectivity index (χ0n) is 8.57. The van der Waals surface area contributed by atoms with E-state index in [1.165, 1.54) is 0 Å². The predicted octanol–water partition coefficient (Wildman–Crippen LogP) is 0.461. The summed E-state index contributed by atoms with van der Waals surface area (Å²) in [5.74, 6) is 0. The maximum absolute atomic E-state index is 4.45. The van der Waals surface area contributed by atoms with Gasteiger partial charge in [0.05, 0.1) is 17.6 Å². The smallest absolute Gasteiger partial charge is 0.180 e. The SMILES string of the molecule is CNCc1cnn2nc(C)c(C)nc12. The molecule has 0 saturated carbocycles. The molecule has 1 N–H and O–H groups in total. The third-order valence-electron chi connectivity index (χ3n) is 2.21. The van der Waals surface area contributed by atoms with Gasteiger partial charge in [-0.25, -0.2) is 4.98 Å². The molecule has 2 rings (SSSR count). The second-order valence-electron chi connectivity index (χ2n) is 3.30. The first-order chi connectivity index (χ1) is 6.72. The lowest BCUT2D eigenvalue weighted by molar-refractivity contribution is 0.752. The molecule has 0 saturated heterocycles. The van der Waals surface area contributed by atoms with Gasteiger partial charge in [0.1, 0.15) is 0 Å². The Labute approximate surface area is 82.2 Å². The minimum Gasteiger partial charge on any atom is -0.315 e. The molecule has 2 aromatic rings. The Bertz CT molecular complexity index is 459. The summed E-state index contributed by atoms with van der Waals surface area (Å²) in [7, 11) is 1.90. The van der Waals surface area contributed by atoms with Crippen molar-refractivity contribution in [3.63, 3.8) is 0 Å². The summed E-state index contributed by atoms with van der Waals surface area (Å²) in [4.78, 5) is 4.45. The van der Waals surface area contributed by atoms with Crippen LogP contribution in [0.4, 0.5) is 0 Å². The lowest BCUT2D eigenvalue weighted by atomic mass is 10.3. The second kappa shape index (κ2) is 3.34. The predicted molar refractivity (Wildman–Crippen MR) is 53.0 cm³/mol. The van der Waals surface area contributed by atoms with Crippen molar-refractivity contribution in [2.24, 2.45) is 0 Å². The van der Waals surface area contributed by atoms with Gasteiger partial charge in [-0.3, -0.25) is 0 Å². The van der Waals surface area contributed by atoms with Gasteiger partial charge < -0.3 is 5.32 Å². The van der Waals surface area contributed by atoms with Crippen molar-refractivity contribution in [3.05, 3.63) is 23.1 Å². The van der Waals surface area contributed by atoms with Gasteiger partial charge in [-0.2, -0.15) is 10.2 Å². The van der Waals surface area contributed by atoms with E-state index in [-0.39, 0.29) is 0 Å². The minimum atomic E-state index is 0.765. The van der Waals surface area contributed by atoms with Gasteiger partial charge in [0.15, 0.2) is 5.65 Å². The fraction of sp³-hybridized carbons (Fsp3) is 0.444. The van der Waals surface area contributed by atoms with Crippen LogP contribution in [0.3, 0.4) is 0 Å². The molecule has 0 bridgehead atoms. The lowest BCUT2D eigenvalue weighted by Crippen LogP contribution is -2.07. The van der Waals surface area contributed by atoms with Crippen molar-refractivity contribution in [1.82, 2.24) is 25.1 Å². The van der Waals surface area contributed by atoms with Gasteiger partial charge in [0.25, 0.3) is 0 Å². The van der Waals surface area contributed by atoms with Gasteiger partial charge in [-0.1, -0.05) is 0 Å². The summed E-state index contributed by atoms with van der Waals surface area (Å²) in [5.41, 5.74) is 3.78. The summed E-state index contributed by atoms with van der Waals surface area (Å²) in [6.45, 7) is 4.65. The summed E-state index contributed by atoms with van der Waals surface area (Å²) in [6.07, 6.45) is 1.80. The fourth-order valence-electron chi connectivity index (χ4n) is 1.32. The highest BCUT2D eigenvalue weighted by Crippen LogP contribution is 2.08. The molecule has 5 heteroatoms. The maximum atomic E-state index is 4.45. The third kappa shape index (κ3) is 1.35. The van der Waals surface area contributed by atoms with E-state index in [0.29, 0.717) is 0 Å². The molecule has 2 aromatic heterocycles. The molecule has 0 fully saturated rings. The van der Waals surface area contributed by atoms with Crippen LogP contribution in [-0.2, 0) is 6.54 Å². The number of nitrogens with zero attached hydrogens (tertiary/aromatic N) is 4. The monoisotopic (exact) mass is 191 g/mol. The van der Waals surface area contributed by atoms with Crippen molar-refractivity contribution >= 4 is 5.65 Å². The van der Waals surface area contributed by atoms with E-state index in [4.69, 9.17) is 0 Å². The summed E-state index contributed by atoms with van der Waals surface area (Å²) < 4.78 is 1.58. The molecule has 2 heterocycles. The average Bonchev–Trinajstić information content (AvgIpc) is 2.51. The molecule has 0 spiro atoms. The van der Waals surface area contributed by atoms with Crippen LogP contribution in [0.2, 0.25) is 0 Å². The van der Waals surface area contributed by atoms with E-state index < -0.39 is 0 Å². The van der Waals surface area contributed by atoms with Crippen LogP contribution in [0.15, 0.2) is 6.20 Å². The average molecular weight is 191 g/mol. The van der Waals surface area contributed by atoms with Crippen molar-refractivity contribution in [2.75, 3.05) is 7.05 Å². The van der Waals surface area contributed by atoms with E-state index in [9.17, 15) is 0 Å². The quantitative estimate of drug-likeness (QED) is 0.749. The normalized spacial score (nSPS) is 11.1. The largest absolute Gasteiger partial charge is 0.315 e. The van der Waals surface area contributed by atoms with Crippen LogP contribution in [0.5, 0.6) is 0 Å². The van der Waals surface area contributed by atoms with E-state index in [0.717, 1.165) is 29.1 Å². The number of nitrogens with one attached hydrogen (secondary N) is 1. The molecular formula is C9H13N5. The minimum absolute atomic E-state index is 0.765. The maximum Gasteiger partial charge on any atom is 0.180 e. The molecular weight excluding hydrogens is 178 g/mol. The van der Waals surface area contributed by atoms with Crippen molar-refractivity contribution in [3.8, 4) is 0 Å². The molecule has 74 valence electrons. The van der Waals surface area contributed by atoms with Gasteiger partial charge in [0, 0.05) is 12.1 Å². The van der Waals surface area contributed by atoms with Crippen LogP contribution < -0.4 is 5.32 Å². The van der Waals surface area contributed by atoms with Crippen LogP contribution in [0.25, 0.3) is 5.65 Å². The molecule has 0 aromatic carbocycles. The number of aromatic nitrogens is 4. The lowest BCUT2D eigenvalue weighted by Gasteiger charge is -2.00. The molecule has 0 aliphatic heterocycles. The molecule has 5 nitrogen and oxygen atoms in total. The van der Waals surface area contributed by atoms with E-state index in [1.807, 2.05) is 20.9 Å². The highest BCUT2D eigenvalue weighted by molar-refractivity contribution is 5.45. The number of rotatable bonds is 2. The number of aryl methyl sites for hydroxylation is 2.